The van der Waals surface area contributed by atoms with E-state index in [1.54, 1.807) is 12.3 Å². The number of pyridine rings is 2. The van der Waals surface area contributed by atoms with Crippen LogP contribution in [0.25, 0.3) is 16.6 Å². The van der Waals surface area contributed by atoms with Crippen LogP contribution in [-0.4, -0.2) is 40.3 Å². The number of piperidine rings is 1. The average Bonchev–Trinajstić information content (AvgIpc) is 3.18. The number of allylic oxidation sites excluding steroid dienone is 1. The van der Waals surface area contributed by atoms with Gasteiger partial charge in [0.05, 0.1) is 17.9 Å². The van der Waals surface area contributed by atoms with Gasteiger partial charge in [-0.2, -0.15) is 0 Å². The number of nitrogens with two attached hydrogens (primary N) is 2. The van der Waals surface area contributed by atoms with E-state index in [2.05, 4.69) is 25.6 Å². The number of hydrogen-bond donors (Lipinski definition) is 6. The van der Waals surface area contributed by atoms with Crippen LogP contribution in [0.2, 0.25) is 0 Å². The SMILES string of the molecule is N=C/C(=C\NC1CCNCC1)c1ccc(N)c(N(N)Cc2c[nH]c3ncccc23)n1. The topological polar surface area (TPSA) is 145 Å². The van der Waals surface area contributed by atoms with Crippen molar-refractivity contribution in [3.63, 3.8) is 0 Å². The number of hydrogen-bond acceptors (Lipinski definition) is 8. The molecule has 4 rings (SSSR count). The molecule has 0 aromatic carbocycles. The number of aromatic nitrogens is 3. The Hall–Kier alpha value is -3.43. The highest BCUT2D eigenvalue weighted by atomic mass is 15.4. The molecule has 4 heterocycles. The number of aromatic amines is 1. The standard InChI is InChI=1S/C21H27N9/c22-10-14(11-27-16-5-8-25-9-6-16)19-4-3-18(23)21(29-19)30(24)13-15-12-28-20-17(15)2-1-7-26-20/h1-4,7,10-12,16,22,25,27H,5-6,8-9,13,23-24H2,(H,26,28)/b14-11+,22-10?. The summed E-state index contributed by atoms with van der Waals surface area (Å²) in [4.78, 5) is 12.1. The fourth-order valence-corrected chi connectivity index (χ4v) is 3.64. The quantitative estimate of drug-likeness (QED) is 0.199. The van der Waals surface area contributed by atoms with Gasteiger partial charge >= 0.3 is 0 Å². The summed E-state index contributed by atoms with van der Waals surface area (Å²) in [5.74, 6) is 6.81. The summed E-state index contributed by atoms with van der Waals surface area (Å²) in [6.07, 6.45) is 8.90. The third kappa shape index (κ3) is 4.27. The number of nitrogens with one attached hydrogen (secondary N) is 4. The van der Waals surface area contributed by atoms with Crippen molar-refractivity contribution in [2.45, 2.75) is 25.4 Å². The van der Waals surface area contributed by atoms with Gasteiger partial charge in [0.15, 0.2) is 5.82 Å². The summed E-state index contributed by atoms with van der Waals surface area (Å²) in [6.45, 7) is 2.42. The molecule has 0 atom stereocenters. The monoisotopic (exact) mass is 405 g/mol. The van der Waals surface area contributed by atoms with E-state index in [9.17, 15) is 0 Å². The Balaban J connectivity index is 1.54. The lowest BCUT2D eigenvalue weighted by molar-refractivity contribution is 0.420. The zero-order valence-corrected chi connectivity index (χ0v) is 16.7. The van der Waals surface area contributed by atoms with Gasteiger partial charge in [-0.15, -0.1) is 0 Å². The molecular formula is C21H27N9. The van der Waals surface area contributed by atoms with Crippen LogP contribution in [0.15, 0.2) is 42.9 Å². The van der Waals surface area contributed by atoms with Gasteiger partial charge < -0.3 is 26.8 Å². The zero-order valence-electron chi connectivity index (χ0n) is 16.7. The minimum atomic E-state index is 0.399. The molecule has 0 spiro atoms. The number of rotatable bonds is 7. The van der Waals surface area contributed by atoms with E-state index in [1.807, 2.05) is 30.6 Å². The summed E-state index contributed by atoms with van der Waals surface area (Å²) in [5.41, 5.74) is 9.78. The van der Waals surface area contributed by atoms with Crippen molar-refractivity contribution in [2.75, 3.05) is 23.8 Å². The van der Waals surface area contributed by atoms with Crippen LogP contribution in [0, 0.1) is 5.41 Å². The highest BCUT2D eigenvalue weighted by Crippen LogP contribution is 2.25. The number of nitrogens with zero attached hydrogens (tertiary/aromatic N) is 3. The number of nitrogen functional groups attached to an aromatic ring is 1. The van der Waals surface area contributed by atoms with Crippen molar-refractivity contribution in [3.8, 4) is 0 Å². The first-order valence-electron chi connectivity index (χ1n) is 10.0. The first-order chi connectivity index (χ1) is 14.7. The molecule has 30 heavy (non-hydrogen) atoms. The van der Waals surface area contributed by atoms with Gasteiger partial charge in [0.25, 0.3) is 0 Å². The van der Waals surface area contributed by atoms with Crippen LogP contribution in [0.3, 0.4) is 0 Å². The Morgan fingerprint density at radius 1 is 1.30 bits per heavy atom. The molecule has 0 amide bonds. The second-order valence-corrected chi connectivity index (χ2v) is 7.39. The van der Waals surface area contributed by atoms with E-state index in [-0.39, 0.29) is 0 Å². The van der Waals surface area contributed by atoms with E-state index < -0.39 is 0 Å². The Kier molecular flexibility index (Phi) is 5.92. The van der Waals surface area contributed by atoms with Crippen LogP contribution < -0.4 is 27.2 Å². The summed E-state index contributed by atoms with van der Waals surface area (Å²) in [7, 11) is 0. The molecular weight excluding hydrogens is 378 g/mol. The van der Waals surface area contributed by atoms with Crippen LogP contribution >= 0.6 is 0 Å². The van der Waals surface area contributed by atoms with Crippen molar-refractivity contribution < 1.29 is 0 Å². The fourth-order valence-electron chi connectivity index (χ4n) is 3.64. The predicted molar refractivity (Wildman–Crippen MR) is 121 cm³/mol. The minimum absolute atomic E-state index is 0.399. The van der Waals surface area contributed by atoms with Crippen molar-refractivity contribution in [1.29, 1.82) is 5.41 Å². The maximum atomic E-state index is 7.82. The molecule has 0 radical (unpaired) electrons. The molecule has 9 heteroatoms. The van der Waals surface area contributed by atoms with Gasteiger partial charge in [-0.1, -0.05) is 0 Å². The highest BCUT2D eigenvalue weighted by Gasteiger charge is 2.15. The minimum Gasteiger partial charge on any atom is -0.396 e. The fraction of sp³-hybridized carbons (Fsp3) is 0.286. The Labute approximate surface area is 175 Å². The van der Waals surface area contributed by atoms with Crippen LogP contribution in [0.1, 0.15) is 24.1 Å². The van der Waals surface area contributed by atoms with E-state index >= 15 is 0 Å². The van der Waals surface area contributed by atoms with Gasteiger partial charge in [0.1, 0.15) is 5.65 Å². The number of H-pyrrole nitrogens is 1. The van der Waals surface area contributed by atoms with Crippen molar-refractivity contribution in [3.05, 3.63) is 54.1 Å². The van der Waals surface area contributed by atoms with Crippen LogP contribution in [-0.2, 0) is 6.54 Å². The molecule has 1 aliphatic rings. The molecule has 0 aliphatic carbocycles. The van der Waals surface area contributed by atoms with E-state index in [0.717, 1.165) is 42.5 Å². The van der Waals surface area contributed by atoms with Gasteiger partial charge in [0, 0.05) is 47.4 Å². The maximum Gasteiger partial charge on any atom is 0.166 e. The predicted octanol–water partition coefficient (Wildman–Crippen LogP) is 1.75. The normalized spacial score (nSPS) is 15.3. The molecule has 1 fully saturated rings. The van der Waals surface area contributed by atoms with Crippen LogP contribution in [0.5, 0.6) is 0 Å². The second-order valence-electron chi connectivity index (χ2n) is 7.39. The lowest BCUT2D eigenvalue weighted by atomic mass is 10.1. The molecule has 156 valence electrons. The molecule has 0 unspecified atom stereocenters. The molecule has 1 aliphatic heterocycles. The lowest BCUT2D eigenvalue weighted by Gasteiger charge is -2.23. The Morgan fingerprint density at radius 2 is 2.13 bits per heavy atom. The van der Waals surface area contributed by atoms with Gasteiger partial charge in [0.2, 0.25) is 0 Å². The van der Waals surface area contributed by atoms with E-state index in [0.29, 0.717) is 35.4 Å². The summed E-state index contributed by atoms with van der Waals surface area (Å²) in [6, 6.07) is 7.87. The van der Waals surface area contributed by atoms with E-state index in [1.165, 1.54) is 11.2 Å². The third-order valence-electron chi connectivity index (χ3n) is 5.32. The maximum absolute atomic E-state index is 7.82. The summed E-state index contributed by atoms with van der Waals surface area (Å²) >= 11 is 0. The number of fused-ring (bicyclic) bond motifs is 1. The smallest absolute Gasteiger partial charge is 0.166 e. The third-order valence-corrected chi connectivity index (χ3v) is 5.32. The average molecular weight is 406 g/mol. The van der Waals surface area contributed by atoms with E-state index in [4.69, 9.17) is 17.0 Å². The summed E-state index contributed by atoms with van der Waals surface area (Å²) < 4.78 is 0. The van der Waals surface area contributed by atoms with Crippen molar-refractivity contribution >= 4 is 34.3 Å². The van der Waals surface area contributed by atoms with Crippen molar-refractivity contribution in [2.24, 2.45) is 5.84 Å². The van der Waals surface area contributed by atoms with Gasteiger partial charge in [-0.05, 0) is 50.2 Å². The largest absolute Gasteiger partial charge is 0.396 e. The molecule has 3 aromatic heterocycles. The van der Waals surface area contributed by atoms with Gasteiger partial charge in [-0.3, -0.25) is 5.01 Å². The first kappa shape index (κ1) is 19.9. The second kappa shape index (κ2) is 8.93. The van der Waals surface area contributed by atoms with Crippen LogP contribution in [0.4, 0.5) is 11.5 Å². The molecule has 0 bridgehead atoms. The first-order valence-corrected chi connectivity index (χ1v) is 10.0. The van der Waals surface area contributed by atoms with Crippen molar-refractivity contribution in [1.82, 2.24) is 25.6 Å². The molecule has 9 nitrogen and oxygen atoms in total. The number of anilines is 2. The number of hydrazine groups is 1. The molecule has 0 saturated carbocycles. The highest BCUT2D eigenvalue weighted by molar-refractivity contribution is 6.07. The Bertz CT molecular complexity index is 1050. The zero-order chi connectivity index (χ0) is 20.9. The lowest BCUT2D eigenvalue weighted by Crippen LogP contribution is -2.37. The molecule has 1 saturated heterocycles. The van der Waals surface area contributed by atoms with Gasteiger partial charge in [-0.25, -0.2) is 15.8 Å². The summed E-state index contributed by atoms with van der Waals surface area (Å²) in [5, 5.41) is 17.1. The molecule has 3 aromatic rings. The Morgan fingerprint density at radius 3 is 2.93 bits per heavy atom. The molecule has 8 N–H and O–H groups in total.